The van der Waals surface area contributed by atoms with Gasteiger partial charge in [0.25, 0.3) is 0 Å². The second-order valence-corrected chi connectivity index (χ2v) is 7.98. The van der Waals surface area contributed by atoms with Crippen LogP contribution in [0.15, 0.2) is 43.8 Å². The number of aromatic nitrogens is 1. The van der Waals surface area contributed by atoms with Crippen LogP contribution in [0.5, 0.6) is 0 Å². The average molecular weight is 373 g/mol. The average Bonchev–Trinajstić information content (AvgIpc) is 2.95. The Kier molecular flexibility index (Phi) is 3.31. The van der Waals surface area contributed by atoms with Crippen LogP contribution in [-0.4, -0.2) is 13.4 Å². The molecule has 20 heavy (non-hydrogen) atoms. The highest BCUT2D eigenvalue weighted by Gasteiger charge is 2.23. The lowest BCUT2D eigenvalue weighted by Gasteiger charge is -1.96. The van der Waals surface area contributed by atoms with Gasteiger partial charge in [0.1, 0.15) is 5.52 Å². The van der Waals surface area contributed by atoms with Crippen LogP contribution < -0.4 is 5.73 Å². The van der Waals surface area contributed by atoms with E-state index in [-0.39, 0.29) is 11.0 Å². The molecule has 0 saturated carbocycles. The molecule has 2 N–H and O–H groups in total. The van der Waals surface area contributed by atoms with E-state index in [1.807, 2.05) is 5.38 Å². The number of nitrogen functional groups attached to an aromatic ring is 1. The number of benzene rings is 1. The van der Waals surface area contributed by atoms with Crippen molar-refractivity contribution < 1.29 is 12.8 Å². The summed E-state index contributed by atoms with van der Waals surface area (Å²) in [5.74, 6) is -0.133. The van der Waals surface area contributed by atoms with Crippen LogP contribution in [-0.2, 0) is 15.6 Å². The maximum Gasteiger partial charge on any atom is 0.316 e. The Hall–Kier alpha value is -1.38. The molecular weight excluding hydrogens is 364 g/mol. The molecule has 2 heterocycles. The van der Waals surface area contributed by atoms with E-state index in [2.05, 4.69) is 20.9 Å². The monoisotopic (exact) mass is 372 g/mol. The molecule has 0 amide bonds. The molecule has 0 aliphatic carbocycles. The van der Waals surface area contributed by atoms with Crippen molar-refractivity contribution in [1.29, 1.82) is 0 Å². The number of fused-ring (bicyclic) bond motifs is 1. The molecule has 0 aliphatic heterocycles. The summed E-state index contributed by atoms with van der Waals surface area (Å²) in [4.78, 5) is 4.73. The topological polar surface area (TPSA) is 86.2 Å². The molecule has 8 heteroatoms. The summed E-state index contributed by atoms with van der Waals surface area (Å²) in [6.07, 6.45) is 0. The van der Waals surface area contributed by atoms with E-state index in [4.69, 9.17) is 10.2 Å². The second kappa shape index (κ2) is 4.87. The maximum atomic E-state index is 12.3. The fourth-order valence-electron chi connectivity index (χ4n) is 1.73. The summed E-state index contributed by atoms with van der Waals surface area (Å²) in [5, 5.41) is 1.56. The number of nitrogens with zero attached hydrogens (tertiary/aromatic N) is 1. The van der Waals surface area contributed by atoms with Gasteiger partial charge in [0.15, 0.2) is 5.58 Å². The van der Waals surface area contributed by atoms with Crippen molar-refractivity contribution >= 4 is 53.9 Å². The van der Waals surface area contributed by atoms with Crippen molar-refractivity contribution in [2.45, 2.75) is 11.0 Å². The van der Waals surface area contributed by atoms with Crippen LogP contribution in [0.1, 0.15) is 4.88 Å². The molecule has 0 atom stereocenters. The highest BCUT2D eigenvalue weighted by molar-refractivity contribution is 9.10. The van der Waals surface area contributed by atoms with Gasteiger partial charge in [-0.2, -0.15) is 4.98 Å². The third kappa shape index (κ3) is 2.58. The number of sulfone groups is 1. The van der Waals surface area contributed by atoms with Gasteiger partial charge >= 0.3 is 5.22 Å². The van der Waals surface area contributed by atoms with Gasteiger partial charge in [-0.1, -0.05) is 0 Å². The van der Waals surface area contributed by atoms with Gasteiger partial charge in [0, 0.05) is 26.5 Å². The first kappa shape index (κ1) is 13.6. The van der Waals surface area contributed by atoms with Crippen LogP contribution in [0.25, 0.3) is 11.1 Å². The van der Waals surface area contributed by atoms with Gasteiger partial charge in [-0.25, -0.2) is 8.42 Å². The van der Waals surface area contributed by atoms with Gasteiger partial charge in [0.2, 0.25) is 9.84 Å². The summed E-state index contributed by atoms with van der Waals surface area (Å²) in [6.45, 7) is 0. The fraction of sp³-hybridized carbons (Fsp3) is 0.0833. The summed E-state index contributed by atoms with van der Waals surface area (Å²) < 4.78 is 30.7. The molecule has 1 aromatic carbocycles. The van der Waals surface area contributed by atoms with Crippen molar-refractivity contribution in [3.8, 4) is 0 Å². The Labute approximate surface area is 127 Å². The molecule has 0 radical (unpaired) electrons. The van der Waals surface area contributed by atoms with Gasteiger partial charge in [-0.15, -0.1) is 11.3 Å². The van der Waals surface area contributed by atoms with Crippen LogP contribution in [0.3, 0.4) is 0 Å². The molecule has 3 rings (SSSR count). The van der Waals surface area contributed by atoms with E-state index >= 15 is 0 Å². The van der Waals surface area contributed by atoms with Gasteiger partial charge in [-0.05, 0) is 34.1 Å². The number of nitrogens with two attached hydrogens (primary N) is 1. The molecule has 0 fully saturated rings. The number of oxazole rings is 1. The first-order chi connectivity index (χ1) is 9.44. The fourth-order valence-corrected chi connectivity index (χ4v) is 4.74. The van der Waals surface area contributed by atoms with Crippen LogP contribution in [0, 0.1) is 0 Å². The highest BCUT2D eigenvalue weighted by Crippen LogP contribution is 2.26. The lowest BCUT2D eigenvalue weighted by Crippen LogP contribution is -2.03. The number of hydrogen-bond donors (Lipinski definition) is 1. The van der Waals surface area contributed by atoms with Crippen molar-refractivity contribution in [3.63, 3.8) is 0 Å². The highest BCUT2D eigenvalue weighted by atomic mass is 79.9. The maximum absolute atomic E-state index is 12.3. The lowest BCUT2D eigenvalue weighted by molar-refractivity contribution is 0.458. The number of anilines is 1. The second-order valence-electron chi connectivity index (χ2n) is 4.20. The number of halogens is 1. The first-order valence-corrected chi connectivity index (χ1v) is 8.88. The van der Waals surface area contributed by atoms with Crippen LogP contribution >= 0.6 is 27.3 Å². The zero-order chi connectivity index (χ0) is 14.3. The summed E-state index contributed by atoms with van der Waals surface area (Å²) in [6, 6.07) is 6.61. The summed E-state index contributed by atoms with van der Waals surface area (Å²) in [5.41, 5.74) is 6.98. The molecule has 0 saturated heterocycles. The lowest BCUT2D eigenvalue weighted by atomic mass is 10.3. The summed E-state index contributed by atoms with van der Waals surface area (Å²) in [7, 11) is -3.60. The van der Waals surface area contributed by atoms with E-state index in [1.54, 1.807) is 24.3 Å². The Morgan fingerprint density at radius 3 is 2.85 bits per heavy atom. The minimum atomic E-state index is -3.60. The van der Waals surface area contributed by atoms with Crippen LogP contribution in [0.2, 0.25) is 0 Å². The quantitative estimate of drug-likeness (QED) is 0.713. The Balaban J connectivity index is 2.00. The van der Waals surface area contributed by atoms with Gasteiger partial charge in [0.05, 0.1) is 5.75 Å². The van der Waals surface area contributed by atoms with Gasteiger partial charge < -0.3 is 10.2 Å². The standard InChI is InChI=1S/C12H9BrN2O3S2/c13-7-3-9(19-5-7)6-20(16,17)12-15-10-2-1-8(14)4-11(10)18-12/h1-5H,6,14H2. The van der Waals surface area contributed by atoms with E-state index in [0.717, 1.165) is 9.35 Å². The number of rotatable bonds is 3. The SMILES string of the molecule is Nc1ccc2nc(S(=O)(=O)Cc3cc(Br)cs3)oc2c1. The minimum absolute atomic E-state index is 0.133. The van der Waals surface area contributed by atoms with Crippen molar-refractivity contribution in [1.82, 2.24) is 4.98 Å². The molecule has 0 spiro atoms. The molecule has 0 unspecified atom stereocenters. The molecule has 0 aliphatic rings. The Morgan fingerprint density at radius 2 is 2.15 bits per heavy atom. The molecule has 2 aromatic heterocycles. The van der Waals surface area contributed by atoms with E-state index < -0.39 is 9.84 Å². The largest absolute Gasteiger partial charge is 0.428 e. The van der Waals surface area contributed by atoms with Crippen LogP contribution in [0.4, 0.5) is 5.69 Å². The predicted molar refractivity (Wildman–Crippen MR) is 81.3 cm³/mol. The zero-order valence-electron chi connectivity index (χ0n) is 10.0. The molecule has 5 nitrogen and oxygen atoms in total. The molecule has 104 valence electrons. The molecule has 3 aromatic rings. The predicted octanol–water partition coefficient (Wildman–Crippen LogP) is 3.21. The molecular formula is C12H9BrN2O3S2. The number of hydrogen-bond acceptors (Lipinski definition) is 6. The first-order valence-electron chi connectivity index (χ1n) is 5.56. The Bertz CT molecular complexity index is 883. The third-order valence-electron chi connectivity index (χ3n) is 2.61. The van der Waals surface area contributed by atoms with Crippen molar-refractivity contribution in [3.05, 3.63) is 39.0 Å². The smallest absolute Gasteiger partial charge is 0.316 e. The summed E-state index contributed by atoms with van der Waals surface area (Å²) >= 11 is 4.66. The normalized spacial score (nSPS) is 12.1. The third-order valence-corrected chi connectivity index (χ3v) is 5.89. The van der Waals surface area contributed by atoms with Crippen molar-refractivity contribution in [2.24, 2.45) is 0 Å². The van der Waals surface area contributed by atoms with Crippen molar-refractivity contribution in [2.75, 3.05) is 5.73 Å². The van der Waals surface area contributed by atoms with E-state index in [1.165, 1.54) is 11.3 Å². The molecule has 0 bridgehead atoms. The Morgan fingerprint density at radius 1 is 1.35 bits per heavy atom. The minimum Gasteiger partial charge on any atom is -0.428 e. The zero-order valence-corrected chi connectivity index (χ0v) is 13.3. The van der Waals surface area contributed by atoms with Gasteiger partial charge in [-0.3, -0.25) is 0 Å². The van der Waals surface area contributed by atoms with E-state index in [0.29, 0.717) is 16.8 Å². The van der Waals surface area contributed by atoms with E-state index in [9.17, 15) is 8.42 Å². The number of thiophene rings is 1.